The summed E-state index contributed by atoms with van der Waals surface area (Å²) in [5.74, 6) is -3.56. The number of fused-ring (bicyclic) bond motifs is 1. The van der Waals surface area contributed by atoms with Gasteiger partial charge in [0.1, 0.15) is 46.5 Å². The van der Waals surface area contributed by atoms with Crippen LogP contribution in [0.3, 0.4) is 0 Å². The van der Waals surface area contributed by atoms with E-state index in [0.29, 0.717) is 0 Å². The summed E-state index contributed by atoms with van der Waals surface area (Å²) in [7, 11) is 0. The van der Waals surface area contributed by atoms with E-state index < -0.39 is 59.4 Å². The lowest BCUT2D eigenvalue weighted by atomic mass is 9.99. The molecule has 0 aliphatic carbocycles. The zero-order valence-corrected chi connectivity index (χ0v) is 16.5. The maximum atomic E-state index is 12.5. The van der Waals surface area contributed by atoms with Crippen molar-refractivity contribution < 1.29 is 54.4 Å². The van der Waals surface area contributed by atoms with Crippen LogP contribution in [0.25, 0.3) is 22.3 Å². The SMILES string of the molecule is O=C(O)[C@H]1O[C@@H](Oc2cc(O)c3c(=O)cc(-c4cccc(O)c4O)oc3c2)[C@H](O)[C@@H](O)[C@@H]1O. The minimum Gasteiger partial charge on any atom is -0.507 e. The molecule has 7 N–H and O–H groups in total. The summed E-state index contributed by atoms with van der Waals surface area (Å²) >= 11 is 0. The first-order valence-corrected chi connectivity index (χ1v) is 9.49. The number of phenols is 3. The fraction of sp³-hybridized carbons (Fsp3) is 0.238. The molecule has 1 aliphatic rings. The Kier molecular flexibility index (Phi) is 5.59. The Hall–Kier alpha value is -3.84. The van der Waals surface area contributed by atoms with Crippen molar-refractivity contribution in [2.45, 2.75) is 30.7 Å². The second-order valence-electron chi connectivity index (χ2n) is 7.32. The highest BCUT2D eigenvalue weighted by atomic mass is 16.7. The highest BCUT2D eigenvalue weighted by molar-refractivity contribution is 5.86. The van der Waals surface area contributed by atoms with E-state index in [1.165, 1.54) is 18.2 Å². The van der Waals surface area contributed by atoms with E-state index in [1.54, 1.807) is 0 Å². The van der Waals surface area contributed by atoms with Gasteiger partial charge in [-0.05, 0) is 12.1 Å². The van der Waals surface area contributed by atoms with Crippen LogP contribution in [0.5, 0.6) is 23.0 Å². The van der Waals surface area contributed by atoms with Gasteiger partial charge in [0.05, 0.1) is 5.56 Å². The van der Waals surface area contributed by atoms with Gasteiger partial charge < -0.3 is 49.6 Å². The topological polar surface area (TPSA) is 207 Å². The summed E-state index contributed by atoms with van der Waals surface area (Å²) in [6, 6.07) is 7.12. The van der Waals surface area contributed by atoms with Gasteiger partial charge in [-0.2, -0.15) is 0 Å². The number of aliphatic hydroxyl groups is 3. The van der Waals surface area contributed by atoms with Crippen molar-refractivity contribution in [2.75, 3.05) is 0 Å². The number of benzene rings is 2. The average molecular weight is 462 g/mol. The Morgan fingerprint density at radius 3 is 2.36 bits per heavy atom. The van der Waals surface area contributed by atoms with E-state index in [2.05, 4.69) is 0 Å². The number of aliphatic hydroxyl groups excluding tert-OH is 3. The van der Waals surface area contributed by atoms with Crippen LogP contribution in [0.15, 0.2) is 45.6 Å². The van der Waals surface area contributed by atoms with Gasteiger partial charge >= 0.3 is 5.97 Å². The molecule has 4 rings (SSSR count). The molecule has 174 valence electrons. The molecule has 0 unspecified atom stereocenters. The van der Waals surface area contributed by atoms with Crippen LogP contribution < -0.4 is 10.2 Å². The smallest absolute Gasteiger partial charge is 0.335 e. The molecule has 0 radical (unpaired) electrons. The summed E-state index contributed by atoms with van der Waals surface area (Å²) in [5, 5.41) is 68.7. The molecule has 1 saturated heterocycles. The average Bonchev–Trinajstić information content (AvgIpc) is 2.75. The third-order valence-corrected chi connectivity index (χ3v) is 5.13. The molecule has 1 aliphatic heterocycles. The van der Waals surface area contributed by atoms with Gasteiger partial charge in [0, 0.05) is 18.2 Å². The van der Waals surface area contributed by atoms with Gasteiger partial charge in [0.2, 0.25) is 6.29 Å². The standard InChI is InChI=1S/C21H18O12/c22-9-3-1-2-8(15(9)25)12-6-11(24)14-10(23)4-7(5-13(14)32-12)31-21-18(28)16(26)17(27)19(33-21)20(29)30/h1-6,16-19,21-23,25-28H,(H,29,30)/t16-,17-,18+,19-,21+/m0/s1. The van der Waals surface area contributed by atoms with Crippen molar-refractivity contribution in [1.82, 2.24) is 0 Å². The second kappa shape index (κ2) is 8.26. The predicted octanol–water partition coefficient (Wildman–Crippen LogP) is -0.152. The molecule has 0 amide bonds. The summed E-state index contributed by atoms with van der Waals surface area (Å²) in [5.41, 5.74) is -0.903. The monoisotopic (exact) mass is 462 g/mol. The van der Waals surface area contributed by atoms with Crippen LogP contribution in [-0.4, -0.2) is 72.4 Å². The van der Waals surface area contributed by atoms with Gasteiger partial charge in [-0.15, -0.1) is 0 Å². The molecular formula is C21H18O12. The van der Waals surface area contributed by atoms with Gasteiger partial charge in [0.15, 0.2) is 23.0 Å². The number of hydrogen-bond donors (Lipinski definition) is 7. The molecule has 2 aromatic carbocycles. The van der Waals surface area contributed by atoms with Crippen molar-refractivity contribution in [1.29, 1.82) is 0 Å². The van der Waals surface area contributed by atoms with E-state index in [1.807, 2.05) is 0 Å². The van der Waals surface area contributed by atoms with E-state index in [4.69, 9.17) is 19.0 Å². The van der Waals surface area contributed by atoms with E-state index in [9.17, 15) is 40.2 Å². The number of para-hydroxylation sites is 1. The first-order chi connectivity index (χ1) is 15.6. The van der Waals surface area contributed by atoms with E-state index in [0.717, 1.165) is 18.2 Å². The van der Waals surface area contributed by atoms with Crippen molar-refractivity contribution in [3.8, 4) is 34.3 Å². The third kappa shape index (κ3) is 3.91. The fourth-order valence-electron chi connectivity index (χ4n) is 3.46. The predicted molar refractivity (Wildman–Crippen MR) is 108 cm³/mol. The fourth-order valence-corrected chi connectivity index (χ4v) is 3.46. The molecule has 5 atom stereocenters. The van der Waals surface area contributed by atoms with Crippen molar-refractivity contribution in [3.05, 3.63) is 46.6 Å². The number of phenolic OH excluding ortho intramolecular Hbond substituents is 3. The Bertz CT molecular complexity index is 1280. The zero-order valence-electron chi connectivity index (χ0n) is 16.5. The minimum atomic E-state index is -1.92. The largest absolute Gasteiger partial charge is 0.507 e. The maximum Gasteiger partial charge on any atom is 0.335 e. The van der Waals surface area contributed by atoms with Crippen LogP contribution in [0.4, 0.5) is 0 Å². The van der Waals surface area contributed by atoms with Crippen LogP contribution in [-0.2, 0) is 9.53 Å². The highest BCUT2D eigenvalue weighted by Gasteiger charge is 2.48. The summed E-state index contributed by atoms with van der Waals surface area (Å²) < 4.78 is 16.0. The number of carboxylic acid groups (broad SMARTS) is 1. The number of carbonyl (C=O) groups is 1. The minimum absolute atomic E-state index is 0.00717. The van der Waals surface area contributed by atoms with Crippen LogP contribution in [0.1, 0.15) is 0 Å². The molecule has 1 aromatic heterocycles. The molecule has 0 spiro atoms. The molecule has 0 saturated carbocycles. The zero-order chi connectivity index (χ0) is 24.0. The lowest BCUT2D eigenvalue weighted by Gasteiger charge is -2.38. The maximum absolute atomic E-state index is 12.5. The Balaban J connectivity index is 1.74. The van der Waals surface area contributed by atoms with Crippen molar-refractivity contribution in [3.63, 3.8) is 0 Å². The van der Waals surface area contributed by atoms with Crippen molar-refractivity contribution in [2.24, 2.45) is 0 Å². The molecule has 12 nitrogen and oxygen atoms in total. The normalized spacial score (nSPS) is 25.1. The summed E-state index contributed by atoms with van der Waals surface area (Å²) in [4.78, 5) is 23.8. The molecule has 2 heterocycles. The lowest BCUT2D eigenvalue weighted by Crippen LogP contribution is -2.61. The van der Waals surface area contributed by atoms with Gasteiger partial charge in [0.25, 0.3) is 0 Å². The number of aromatic hydroxyl groups is 3. The number of hydrogen-bond acceptors (Lipinski definition) is 11. The number of aliphatic carboxylic acids is 1. The molecule has 12 heteroatoms. The van der Waals surface area contributed by atoms with Crippen LogP contribution in [0, 0.1) is 0 Å². The van der Waals surface area contributed by atoms with Crippen molar-refractivity contribution >= 4 is 16.9 Å². The number of ether oxygens (including phenoxy) is 2. The second-order valence-corrected chi connectivity index (χ2v) is 7.32. The Morgan fingerprint density at radius 1 is 0.939 bits per heavy atom. The highest BCUT2D eigenvalue weighted by Crippen LogP contribution is 2.38. The molecular weight excluding hydrogens is 444 g/mol. The van der Waals surface area contributed by atoms with Gasteiger partial charge in [-0.3, -0.25) is 4.79 Å². The molecule has 0 bridgehead atoms. The van der Waals surface area contributed by atoms with Crippen LogP contribution in [0.2, 0.25) is 0 Å². The lowest BCUT2D eigenvalue weighted by molar-refractivity contribution is -0.271. The number of rotatable bonds is 4. The van der Waals surface area contributed by atoms with Gasteiger partial charge in [-0.1, -0.05) is 6.07 Å². The van der Waals surface area contributed by atoms with Gasteiger partial charge in [-0.25, -0.2) is 4.79 Å². The Morgan fingerprint density at radius 2 is 1.67 bits per heavy atom. The van der Waals surface area contributed by atoms with E-state index in [-0.39, 0.29) is 28.0 Å². The third-order valence-electron chi connectivity index (χ3n) is 5.13. The first kappa shape index (κ1) is 22.4. The summed E-state index contributed by atoms with van der Waals surface area (Å²) in [6.45, 7) is 0. The molecule has 33 heavy (non-hydrogen) atoms. The van der Waals surface area contributed by atoms with Crippen LogP contribution >= 0.6 is 0 Å². The first-order valence-electron chi connectivity index (χ1n) is 9.49. The quantitative estimate of drug-likeness (QED) is 0.253. The summed E-state index contributed by atoms with van der Waals surface area (Å²) in [6.07, 6.45) is -9.34. The Labute approximate surface area is 183 Å². The molecule has 1 fully saturated rings. The number of carboxylic acids is 1. The van der Waals surface area contributed by atoms with E-state index >= 15 is 0 Å². The molecule has 3 aromatic rings.